The number of hydrogen-bond donors (Lipinski definition) is 2. The molecule has 2 N–H and O–H groups in total. The molecule has 0 spiro atoms. The van der Waals surface area contributed by atoms with Crippen molar-refractivity contribution in [3.63, 3.8) is 0 Å². The first kappa shape index (κ1) is 20.7. The first-order valence-corrected chi connectivity index (χ1v) is 9.85. The highest BCUT2D eigenvalue weighted by Gasteiger charge is 2.37. The fourth-order valence-corrected chi connectivity index (χ4v) is 3.74. The van der Waals surface area contributed by atoms with Gasteiger partial charge >= 0.3 is 0 Å². The van der Waals surface area contributed by atoms with Gasteiger partial charge in [0.1, 0.15) is 11.5 Å². The van der Waals surface area contributed by atoms with E-state index in [0.29, 0.717) is 32.2 Å². The van der Waals surface area contributed by atoms with Crippen molar-refractivity contribution in [1.82, 2.24) is 10.6 Å². The number of benzene rings is 2. The molecule has 0 saturated carbocycles. The minimum Gasteiger partial charge on any atom is -0.497 e. The maximum atomic E-state index is 12.4. The lowest BCUT2D eigenvalue weighted by molar-refractivity contribution is -0.122. The van der Waals surface area contributed by atoms with Crippen molar-refractivity contribution in [2.75, 3.05) is 14.2 Å². The van der Waals surface area contributed by atoms with Crippen LogP contribution < -0.4 is 20.1 Å². The summed E-state index contributed by atoms with van der Waals surface area (Å²) in [5.74, 6) is 1.61. The molecule has 0 bridgehead atoms. The van der Waals surface area contributed by atoms with Crippen LogP contribution >= 0.6 is 0 Å². The molecule has 3 rings (SSSR count). The Balaban J connectivity index is 1.56. The molecule has 1 unspecified atom stereocenters. The predicted molar refractivity (Wildman–Crippen MR) is 111 cm³/mol. The standard InChI is InChI=1S/C23H28N2O4/c1-28-19-8-6-17(7-9-19)16-24-21(26)10-12-23(13-11-22(27)25-23)15-18-4-3-5-20(14-18)29-2/h3-9,14H,10-13,15-16H2,1-2H3,(H,24,26)(H,25,27). The molecule has 6 nitrogen and oxygen atoms in total. The van der Waals surface area contributed by atoms with E-state index in [4.69, 9.17) is 9.47 Å². The highest BCUT2D eigenvalue weighted by molar-refractivity contribution is 5.80. The molecule has 1 heterocycles. The zero-order valence-corrected chi connectivity index (χ0v) is 17.0. The van der Waals surface area contributed by atoms with Crippen molar-refractivity contribution < 1.29 is 19.1 Å². The van der Waals surface area contributed by atoms with Gasteiger partial charge < -0.3 is 20.1 Å². The van der Waals surface area contributed by atoms with Crippen LogP contribution in [0.1, 0.15) is 36.8 Å². The van der Waals surface area contributed by atoms with E-state index in [1.54, 1.807) is 14.2 Å². The molecular weight excluding hydrogens is 368 g/mol. The Labute approximate surface area is 171 Å². The molecule has 1 atom stereocenters. The number of nitrogens with one attached hydrogen (secondary N) is 2. The zero-order valence-electron chi connectivity index (χ0n) is 17.0. The quantitative estimate of drug-likeness (QED) is 0.683. The van der Waals surface area contributed by atoms with Crippen LogP contribution in [0, 0.1) is 0 Å². The van der Waals surface area contributed by atoms with Crippen molar-refractivity contribution >= 4 is 11.8 Å². The molecule has 154 valence electrons. The Morgan fingerprint density at radius 2 is 1.83 bits per heavy atom. The van der Waals surface area contributed by atoms with Gasteiger partial charge in [-0.05, 0) is 54.7 Å². The van der Waals surface area contributed by atoms with Gasteiger partial charge in [-0.15, -0.1) is 0 Å². The van der Waals surface area contributed by atoms with Crippen LogP contribution in [0.25, 0.3) is 0 Å². The molecule has 2 amide bonds. The van der Waals surface area contributed by atoms with Gasteiger partial charge in [0.2, 0.25) is 11.8 Å². The van der Waals surface area contributed by atoms with Crippen molar-refractivity contribution in [2.45, 2.75) is 44.2 Å². The Kier molecular flexibility index (Phi) is 6.75. The minimum atomic E-state index is -0.388. The van der Waals surface area contributed by atoms with E-state index in [-0.39, 0.29) is 17.4 Å². The number of ether oxygens (including phenoxy) is 2. The SMILES string of the molecule is COc1ccc(CNC(=O)CCC2(Cc3cccc(OC)c3)CCC(=O)N2)cc1. The summed E-state index contributed by atoms with van der Waals surface area (Å²) in [6.07, 6.45) is 2.87. The van der Waals surface area contributed by atoms with E-state index in [1.165, 1.54) is 0 Å². The third-order valence-electron chi connectivity index (χ3n) is 5.39. The minimum absolute atomic E-state index is 0.0213. The summed E-state index contributed by atoms with van der Waals surface area (Å²) in [6, 6.07) is 15.5. The summed E-state index contributed by atoms with van der Waals surface area (Å²) in [4.78, 5) is 24.3. The second kappa shape index (κ2) is 9.45. The smallest absolute Gasteiger partial charge is 0.220 e. The number of carbonyl (C=O) groups excluding carboxylic acids is 2. The third-order valence-corrected chi connectivity index (χ3v) is 5.39. The largest absolute Gasteiger partial charge is 0.497 e. The Hall–Kier alpha value is -3.02. The van der Waals surface area contributed by atoms with Gasteiger partial charge in [-0.2, -0.15) is 0 Å². The average molecular weight is 396 g/mol. The number of methoxy groups -OCH3 is 2. The van der Waals surface area contributed by atoms with Crippen molar-refractivity contribution in [3.05, 3.63) is 59.7 Å². The van der Waals surface area contributed by atoms with Crippen LogP contribution in [0.5, 0.6) is 11.5 Å². The summed E-state index contributed by atoms with van der Waals surface area (Å²) in [7, 11) is 3.26. The first-order valence-electron chi connectivity index (χ1n) is 9.85. The van der Waals surface area contributed by atoms with Crippen molar-refractivity contribution in [2.24, 2.45) is 0 Å². The van der Waals surface area contributed by atoms with Crippen LogP contribution in [-0.2, 0) is 22.6 Å². The van der Waals surface area contributed by atoms with Crippen LogP contribution in [-0.4, -0.2) is 31.6 Å². The second-order valence-electron chi connectivity index (χ2n) is 7.48. The Bertz CT molecular complexity index is 850. The summed E-state index contributed by atoms with van der Waals surface area (Å²) in [5.41, 5.74) is 1.71. The molecule has 1 fully saturated rings. The van der Waals surface area contributed by atoms with E-state index in [1.807, 2.05) is 48.5 Å². The van der Waals surface area contributed by atoms with E-state index in [0.717, 1.165) is 29.0 Å². The van der Waals surface area contributed by atoms with E-state index in [9.17, 15) is 9.59 Å². The third kappa shape index (κ3) is 5.73. The number of amides is 2. The van der Waals surface area contributed by atoms with Gasteiger partial charge in [-0.3, -0.25) is 9.59 Å². The lowest BCUT2D eigenvalue weighted by atomic mass is 9.85. The van der Waals surface area contributed by atoms with Crippen LogP contribution in [0.3, 0.4) is 0 Å². The van der Waals surface area contributed by atoms with E-state index >= 15 is 0 Å². The summed E-state index contributed by atoms with van der Waals surface area (Å²) in [6.45, 7) is 0.470. The maximum Gasteiger partial charge on any atom is 0.220 e. The molecule has 1 aliphatic heterocycles. The average Bonchev–Trinajstić information content (AvgIpc) is 3.11. The molecule has 6 heteroatoms. The molecule has 1 saturated heterocycles. The lowest BCUT2D eigenvalue weighted by Crippen LogP contribution is -2.44. The number of carbonyl (C=O) groups is 2. The first-order chi connectivity index (χ1) is 14.0. The maximum absolute atomic E-state index is 12.4. The Morgan fingerprint density at radius 3 is 2.48 bits per heavy atom. The molecule has 0 aliphatic carbocycles. The fourth-order valence-electron chi connectivity index (χ4n) is 3.74. The monoisotopic (exact) mass is 396 g/mol. The van der Waals surface area contributed by atoms with Gasteiger partial charge in [-0.1, -0.05) is 24.3 Å². The van der Waals surface area contributed by atoms with E-state index in [2.05, 4.69) is 10.6 Å². The zero-order chi connectivity index (χ0) is 20.7. The van der Waals surface area contributed by atoms with Crippen molar-refractivity contribution in [3.8, 4) is 11.5 Å². The second-order valence-corrected chi connectivity index (χ2v) is 7.48. The predicted octanol–water partition coefficient (Wildman–Crippen LogP) is 2.99. The highest BCUT2D eigenvalue weighted by atomic mass is 16.5. The molecule has 0 radical (unpaired) electrons. The summed E-state index contributed by atoms with van der Waals surface area (Å²) >= 11 is 0. The summed E-state index contributed by atoms with van der Waals surface area (Å²) < 4.78 is 10.4. The molecule has 29 heavy (non-hydrogen) atoms. The molecular formula is C23H28N2O4. The summed E-state index contributed by atoms with van der Waals surface area (Å²) in [5, 5.41) is 6.08. The highest BCUT2D eigenvalue weighted by Crippen LogP contribution is 2.30. The molecule has 2 aromatic carbocycles. The van der Waals surface area contributed by atoms with Gasteiger partial charge in [0.15, 0.2) is 0 Å². The van der Waals surface area contributed by atoms with Gasteiger partial charge in [0.25, 0.3) is 0 Å². The lowest BCUT2D eigenvalue weighted by Gasteiger charge is -2.29. The van der Waals surface area contributed by atoms with E-state index < -0.39 is 0 Å². The number of hydrogen-bond acceptors (Lipinski definition) is 4. The normalized spacial score (nSPS) is 18.2. The fraction of sp³-hybridized carbons (Fsp3) is 0.391. The van der Waals surface area contributed by atoms with Crippen LogP contribution in [0.15, 0.2) is 48.5 Å². The van der Waals surface area contributed by atoms with Crippen molar-refractivity contribution in [1.29, 1.82) is 0 Å². The topological polar surface area (TPSA) is 76.7 Å². The molecule has 2 aromatic rings. The van der Waals surface area contributed by atoms with Gasteiger partial charge in [0, 0.05) is 24.9 Å². The number of rotatable bonds is 9. The molecule has 0 aromatic heterocycles. The van der Waals surface area contributed by atoms with Crippen LogP contribution in [0.2, 0.25) is 0 Å². The Morgan fingerprint density at radius 1 is 1.07 bits per heavy atom. The molecule has 1 aliphatic rings. The van der Waals surface area contributed by atoms with Gasteiger partial charge in [-0.25, -0.2) is 0 Å². The van der Waals surface area contributed by atoms with Crippen LogP contribution in [0.4, 0.5) is 0 Å². The van der Waals surface area contributed by atoms with Gasteiger partial charge in [0.05, 0.1) is 14.2 Å².